The fourth-order valence-electron chi connectivity index (χ4n) is 1.36. The second-order valence-electron chi connectivity index (χ2n) is 3.74. The minimum absolute atomic E-state index is 0.646. The second-order valence-corrected chi connectivity index (χ2v) is 5.72. The van der Waals surface area contributed by atoms with Crippen LogP contribution in [0.25, 0.3) is 0 Å². The number of aromatic nitrogens is 3. The van der Waals surface area contributed by atoms with Gasteiger partial charge in [0.25, 0.3) is 0 Å². The first-order valence-corrected chi connectivity index (χ1v) is 7.32. The molecule has 2 rings (SSSR count). The number of thioether (sulfide) groups is 1. The van der Waals surface area contributed by atoms with E-state index in [-0.39, 0.29) is 0 Å². The van der Waals surface area contributed by atoms with Crippen molar-refractivity contribution in [2.24, 2.45) is 7.05 Å². The quantitative estimate of drug-likeness (QED) is 0.625. The summed E-state index contributed by atoms with van der Waals surface area (Å²) in [5.74, 6) is 2.64. The van der Waals surface area contributed by atoms with E-state index in [9.17, 15) is 0 Å². The number of aryl methyl sites for hydroxylation is 1. The fourth-order valence-corrected chi connectivity index (χ4v) is 2.51. The molecule has 1 aromatic carbocycles. The molecule has 0 bridgehead atoms. The number of hydrogen-bond acceptors (Lipinski definition) is 4. The van der Waals surface area contributed by atoms with Crippen molar-refractivity contribution in [2.75, 3.05) is 12.4 Å². The Balaban J connectivity index is 1.78. The normalized spacial score (nSPS) is 10.6. The van der Waals surface area contributed by atoms with Crippen molar-refractivity contribution >= 4 is 27.7 Å². The Hall–Kier alpha value is -1.01. The Kier molecular flexibility index (Phi) is 4.66. The highest BCUT2D eigenvalue weighted by atomic mass is 79.9. The van der Waals surface area contributed by atoms with Gasteiger partial charge in [0.15, 0.2) is 5.16 Å². The number of hydrogen-bond donors (Lipinski definition) is 0. The van der Waals surface area contributed by atoms with Crippen LogP contribution in [-0.4, -0.2) is 27.1 Å². The maximum atomic E-state index is 5.65. The molecule has 0 fully saturated rings. The standard InChI is InChI=1S/C12H14BrN3OS/c1-9-14-15-12(16(9)2)18-7-6-17-11-5-3-4-10(13)8-11/h3-5,8H,6-7H2,1-2H3. The van der Waals surface area contributed by atoms with Gasteiger partial charge < -0.3 is 9.30 Å². The van der Waals surface area contributed by atoms with E-state index in [1.807, 2.05) is 42.8 Å². The summed E-state index contributed by atoms with van der Waals surface area (Å²) >= 11 is 5.06. The van der Waals surface area contributed by atoms with Gasteiger partial charge in [-0.3, -0.25) is 0 Å². The van der Waals surface area contributed by atoms with E-state index in [1.165, 1.54) is 0 Å². The molecule has 1 heterocycles. The number of nitrogens with zero attached hydrogens (tertiary/aromatic N) is 3. The first kappa shape index (κ1) is 13.4. The lowest BCUT2D eigenvalue weighted by Gasteiger charge is -2.06. The van der Waals surface area contributed by atoms with E-state index >= 15 is 0 Å². The van der Waals surface area contributed by atoms with Crippen LogP contribution in [-0.2, 0) is 7.05 Å². The summed E-state index contributed by atoms with van der Waals surface area (Å²) in [6.07, 6.45) is 0. The molecule has 0 saturated heterocycles. The molecule has 0 aliphatic carbocycles. The molecule has 0 aliphatic heterocycles. The minimum atomic E-state index is 0.646. The van der Waals surface area contributed by atoms with Crippen LogP contribution in [0.5, 0.6) is 5.75 Å². The summed E-state index contributed by atoms with van der Waals surface area (Å²) in [6.45, 7) is 2.59. The van der Waals surface area contributed by atoms with Crippen LogP contribution in [0.4, 0.5) is 0 Å². The highest BCUT2D eigenvalue weighted by Gasteiger charge is 2.05. The van der Waals surface area contributed by atoms with E-state index in [0.717, 1.165) is 27.0 Å². The van der Waals surface area contributed by atoms with Crippen molar-refractivity contribution in [1.82, 2.24) is 14.8 Å². The van der Waals surface area contributed by atoms with Crippen LogP contribution >= 0.6 is 27.7 Å². The number of benzene rings is 1. The monoisotopic (exact) mass is 327 g/mol. The zero-order chi connectivity index (χ0) is 13.0. The molecule has 96 valence electrons. The molecule has 1 aromatic heterocycles. The summed E-state index contributed by atoms with van der Waals surface area (Å²) in [6, 6.07) is 7.83. The van der Waals surface area contributed by atoms with Crippen LogP contribution in [0.15, 0.2) is 33.9 Å². The van der Waals surface area contributed by atoms with Gasteiger partial charge in [-0.1, -0.05) is 33.8 Å². The maximum Gasteiger partial charge on any atom is 0.191 e. The van der Waals surface area contributed by atoms with E-state index in [4.69, 9.17) is 4.74 Å². The van der Waals surface area contributed by atoms with Gasteiger partial charge in [-0.25, -0.2) is 0 Å². The molecule has 18 heavy (non-hydrogen) atoms. The van der Waals surface area contributed by atoms with Gasteiger partial charge in [0.2, 0.25) is 0 Å². The van der Waals surface area contributed by atoms with Crippen molar-refractivity contribution in [3.05, 3.63) is 34.6 Å². The summed E-state index contributed by atoms with van der Waals surface area (Å²) in [4.78, 5) is 0. The topological polar surface area (TPSA) is 39.9 Å². The van der Waals surface area contributed by atoms with Gasteiger partial charge in [0, 0.05) is 17.3 Å². The van der Waals surface area contributed by atoms with Crippen LogP contribution in [0.1, 0.15) is 5.82 Å². The largest absolute Gasteiger partial charge is 0.493 e. The fraction of sp³-hybridized carbons (Fsp3) is 0.333. The Morgan fingerprint density at radius 3 is 2.89 bits per heavy atom. The van der Waals surface area contributed by atoms with Gasteiger partial charge in [0.1, 0.15) is 11.6 Å². The smallest absolute Gasteiger partial charge is 0.191 e. The molecular weight excluding hydrogens is 314 g/mol. The Morgan fingerprint density at radius 1 is 1.39 bits per heavy atom. The Labute approximate surface area is 119 Å². The third kappa shape index (κ3) is 3.49. The van der Waals surface area contributed by atoms with Gasteiger partial charge in [-0.15, -0.1) is 10.2 Å². The van der Waals surface area contributed by atoms with E-state index in [2.05, 4.69) is 26.1 Å². The molecule has 0 unspecified atom stereocenters. The van der Waals surface area contributed by atoms with Crippen LogP contribution in [0, 0.1) is 6.92 Å². The lowest BCUT2D eigenvalue weighted by molar-refractivity contribution is 0.343. The van der Waals surface area contributed by atoms with Crippen molar-refractivity contribution < 1.29 is 4.74 Å². The van der Waals surface area contributed by atoms with Gasteiger partial charge in [-0.05, 0) is 25.1 Å². The molecule has 0 saturated carbocycles. The van der Waals surface area contributed by atoms with Crippen molar-refractivity contribution in [3.63, 3.8) is 0 Å². The average molecular weight is 328 g/mol. The van der Waals surface area contributed by atoms with Gasteiger partial charge >= 0.3 is 0 Å². The van der Waals surface area contributed by atoms with Crippen LogP contribution in [0.3, 0.4) is 0 Å². The molecule has 0 amide bonds. The highest BCUT2D eigenvalue weighted by molar-refractivity contribution is 9.10. The molecule has 4 nitrogen and oxygen atoms in total. The SMILES string of the molecule is Cc1nnc(SCCOc2cccc(Br)c2)n1C. The predicted octanol–water partition coefficient (Wildman–Crippen LogP) is 3.06. The summed E-state index contributed by atoms with van der Waals surface area (Å²) in [5, 5.41) is 9.02. The lowest BCUT2D eigenvalue weighted by Crippen LogP contribution is -2.02. The van der Waals surface area contributed by atoms with Crippen molar-refractivity contribution in [3.8, 4) is 5.75 Å². The average Bonchev–Trinajstić information content (AvgIpc) is 2.66. The van der Waals surface area contributed by atoms with Crippen molar-refractivity contribution in [2.45, 2.75) is 12.1 Å². The Morgan fingerprint density at radius 2 is 2.22 bits per heavy atom. The summed E-state index contributed by atoms with van der Waals surface area (Å²) in [5.41, 5.74) is 0. The number of rotatable bonds is 5. The molecule has 2 aromatic rings. The lowest BCUT2D eigenvalue weighted by atomic mass is 10.3. The highest BCUT2D eigenvalue weighted by Crippen LogP contribution is 2.19. The van der Waals surface area contributed by atoms with Crippen LogP contribution < -0.4 is 4.74 Å². The predicted molar refractivity (Wildman–Crippen MR) is 76.1 cm³/mol. The first-order chi connectivity index (χ1) is 8.66. The second kappa shape index (κ2) is 6.24. The third-order valence-corrected chi connectivity index (χ3v) is 3.91. The molecular formula is C12H14BrN3OS. The molecule has 0 atom stereocenters. The van der Waals surface area contributed by atoms with E-state index < -0.39 is 0 Å². The number of halogens is 1. The molecule has 0 N–H and O–H groups in total. The zero-order valence-corrected chi connectivity index (χ0v) is 12.7. The molecule has 0 aliphatic rings. The van der Waals surface area contributed by atoms with Crippen LogP contribution in [0.2, 0.25) is 0 Å². The minimum Gasteiger partial charge on any atom is -0.493 e. The molecule has 0 radical (unpaired) electrons. The first-order valence-electron chi connectivity index (χ1n) is 5.54. The maximum absolute atomic E-state index is 5.65. The van der Waals surface area contributed by atoms with E-state index in [0.29, 0.717) is 6.61 Å². The zero-order valence-electron chi connectivity index (χ0n) is 10.3. The van der Waals surface area contributed by atoms with Gasteiger partial charge in [-0.2, -0.15) is 0 Å². The Bertz CT molecular complexity index is 530. The summed E-state index contributed by atoms with van der Waals surface area (Å²) in [7, 11) is 1.97. The molecule has 0 spiro atoms. The van der Waals surface area contributed by atoms with Gasteiger partial charge in [0.05, 0.1) is 6.61 Å². The molecule has 6 heteroatoms. The summed E-state index contributed by atoms with van der Waals surface area (Å²) < 4.78 is 8.65. The number of ether oxygens (including phenoxy) is 1. The third-order valence-electron chi connectivity index (χ3n) is 2.43. The van der Waals surface area contributed by atoms with Crippen molar-refractivity contribution in [1.29, 1.82) is 0 Å². The van der Waals surface area contributed by atoms with E-state index in [1.54, 1.807) is 11.8 Å².